The third-order valence-corrected chi connectivity index (χ3v) is 2.84. The standard InChI is InChI=1S/C14H23NO4/c1-14(2,3)19-13(18)15-11(12(16)17)9-10-7-5-4-6-8-10/h7,11H,4-6,8-9H2,1-3H3,(H,15,18)(H,16,17)/t11-/m1/s1. The van der Waals surface area contributed by atoms with E-state index < -0.39 is 23.7 Å². The molecule has 2 N–H and O–H groups in total. The minimum absolute atomic E-state index is 0.356. The highest BCUT2D eigenvalue weighted by atomic mass is 16.6. The van der Waals surface area contributed by atoms with Crippen molar-refractivity contribution in [3.63, 3.8) is 0 Å². The lowest BCUT2D eigenvalue weighted by molar-refractivity contribution is -0.139. The molecule has 1 atom stereocenters. The Morgan fingerprint density at radius 3 is 2.58 bits per heavy atom. The summed E-state index contributed by atoms with van der Waals surface area (Å²) in [4.78, 5) is 22.8. The van der Waals surface area contributed by atoms with Gasteiger partial charge < -0.3 is 15.2 Å². The van der Waals surface area contributed by atoms with E-state index in [1.54, 1.807) is 20.8 Å². The average Bonchev–Trinajstić information content (AvgIpc) is 2.26. The third-order valence-electron chi connectivity index (χ3n) is 2.84. The molecule has 0 fully saturated rings. The molecule has 108 valence electrons. The number of alkyl carbamates (subject to hydrolysis) is 1. The Morgan fingerprint density at radius 2 is 2.11 bits per heavy atom. The topological polar surface area (TPSA) is 75.6 Å². The number of allylic oxidation sites excluding steroid dienone is 1. The Bertz CT molecular complexity index is 368. The van der Waals surface area contributed by atoms with Crippen molar-refractivity contribution >= 4 is 12.1 Å². The zero-order valence-electron chi connectivity index (χ0n) is 11.9. The highest BCUT2D eigenvalue weighted by molar-refractivity contribution is 5.80. The number of carbonyl (C=O) groups is 2. The van der Waals surface area contributed by atoms with Gasteiger partial charge in [-0.15, -0.1) is 0 Å². The van der Waals surface area contributed by atoms with Gasteiger partial charge in [0.15, 0.2) is 0 Å². The Morgan fingerprint density at radius 1 is 1.42 bits per heavy atom. The van der Waals surface area contributed by atoms with Crippen LogP contribution in [0.5, 0.6) is 0 Å². The molecular weight excluding hydrogens is 246 g/mol. The van der Waals surface area contributed by atoms with Crippen LogP contribution in [0.4, 0.5) is 4.79 Å². The molecule has 0 radical (unpaired) electrons. The normalized spacial score (nSPS) is 17.3. The molecule has 0 saturated heterocycles. The molecule has 0 aromatic rings. The summed E-state index contributed by atoms with van der Waals surface area (Å²) in [5.41, 5.74) is 0.478. The quantitative estimate of drug-likeness (QED) is 0.769. The van der Waals surface area contributed by atoms with Crippen LogP contribution in [0.25, 0.3) is 0 Å². The molecule has 0 unspecified atom stereocenters. The highest BCUT2D eigenvalue weighted by Gasteiger charge is 2.25. The van der Waals surface area contributed by atoms with Gasteiger partial charge in [-0.1, -0.05) is 11.6 Å². The van der Waals surface area contributed by atoms with Gasteiger partial charge >= 0.3 is 12.1 Å². The summed E-state index contributed by atoms with van der Waals surface area (Å²) in [6, 6.07) is -0.917. The van der Waals surface area contributed by atoms with Crippen molar-refractivity contribution in [3.05, 3.63) is 11.6 Å². The molecule has 1 amide bonds. The van der Waals surface area contributed by atoms with Crippen LogP contribution in [0, 0.1) is 0 Å². The molecular formula is C14H23NO4. The van der Waals surface area contributed by atoms with E-state index in [1.807, 2.05) is 0 Å². The summed E-state index contributed by atoms with van der Waals surface area (Å²) in [7, 11) is 0. The molecule has 5 heteroatoms. The third kappa shape index (κ3) is 6.27. The van der Waals surface area contributed by atoms with Crippen molar-refractivity contribution in [2.75, 3.05) is 0 Å². The molecule has 19 heavy (non-hydrogen) atoms. The average molecular weight is 269 g/mol. The van der Waals surface area contributed by atoms with Gasteiger partial charge in [-0.25, -0.2) is 9.59 Å². The van der Waals surface area contributed by atoms with Crippen LogP contribution in [0.2, 0.25) is 0 Å². The number of nitrogens with one attached hydrogen (secondary N) is 1. The molecule has 5 nitrogen and oxygen atoms in total. The van der Waals surface area contributed by atoms with Crippen molar-refractivity contribution < 1.29 is 19.4 Å². The van der Waals surface area contributed by atoms with Crippen LogP contribution in [0.1, 0.15) is 52.9 Å². The minimum atomic E-state index is -1.03. The Labute approximate surface area is 114 Å². The molecule has 0 bridgehead atoms. The first-order valence-corrected chi connectivity index (χ1v) is 6.68. The smallest absolute Gasteiger partial charge is 0.408 e. The lowest BCUT2D eigenvalue weighted by Gasteiger charge is -2.23. The predicted octanol–water partition coefficient (Wildman–Crippen LogP) is 2.85. The minimum Gasteiger partial charge on any atom is -0.480 e. The number of amides is 1. The molecule has 0 heterocycles. The second kappa shape index (κ2) is 6.59. The molecule has 1 rings (SSSR count). The lowest BCUT2D eigenvalue weighted by Crippen LogP contribution is -2.43. The van der Waals surface area contributed by atoms with Gasteiger partial charge in [-0.3, -0.25) is 0 Å². The van der Waals surface area contributed by atoms with Crippen LogP contribution in [0.3, 0.4) is 0 Å². The molecule has 1 aliphatic rings. The Kier molecular flexibility index (Phi) is 5.39. The number of rotatable bonds is 4. The Balaban J connectivity index is 2.55. The van der Waals surface area contributed by atoms with E-state index in [0.29, 0.717) is 6.42 Å². The number of aliphatic carboxylic acids is 1. The van der Waals surface area contributed by atoms with Crippen LogP contribution in [-0.4, -0.2) is 28.8 Å². The van der Waals surface area contributed by atoms with Gasteiger partial charge in [0, 0.05) is 0 Å². The highest BCUT2D eigenvalue weighted by Crippen LogP contribution is 2.21. The molecule has 1 aliphatic carbocycles. The van der Waals surface area contributed by atoms with Crippen molar-refractivity contribution in [1.82, 2.24) is 5.32 Å². The van der Waals surface area contributed by atoms with Crippen molar-refractivity contribution in [1.29, 1.82) is 0 Å². The lowest BCUT2D eigenvalue weighted by atomic mass is 9.94. The first-order chi connectivity index (χ1) is 8.78. The molecule has 0 spiro atoms. The second-order valence-electron chi connectivity index (χ2n) is 5.85. The number of carbonyl (C=O) groups excluding carboxylic acids is 1. The van der Waals surface area contributed by atoms with E-state index >= 15 is 0 Å². The SMILES string of the molecule is CC(C)(C)OC(=O)N[C@H](CC1=CCCCC1)C(=O)O. The molecule has 0 aliphatic heterocycles. The number of ether oxygens (including phenoxy) is 1. The molecule has 0 saturated carbocycles. The van der Waals surface area contributed by atoms with Crippen LogP contribution >= 0.6 is 0 Å². The Hall–Kier alpha value is -1.52. The van der Waals surface area contributed by atoms with E-state index in [9.17, 15) is 9.59 Å². The summed E-state index contributed by atoms with van der Waals surface area (Å²) >= 11 is 0. The number of hydrogen-bond acceptors (Lipinski definition) is 3. The number of carboxylic acids is 1. The summed E-state index contributed by atoms with van der Waals surface area (Å²) in [5.74, 6) is -1.03. The van der Waals surface area contributed by atoms with Gasteiger partial charge in [-0.05, 0) is 52.9 Å². The van der Waals surface area contributed by atoms with E-state index in [2.05, 4.69) is 11.4 Å². The summed E-state index contributed by atoms with van der Waals surface area (Å²) in [6.07, 6.45) is 5.90. The number of hydrogen-bond donors (Lipinski definition) is 2. The van der Waals surface area contributed by atoms with Gasteiger partial charge in [-0.2, -0.15) is 0 Å². The fourth-order valence-electron chi connectivity index (χ4n) is 2.00. The zero-order chi connectivity index (χ0) is 14.5. The molecule has 0 aromatic heterocycles. The fraction of sp³-hybridized carbons (Fsp3) is 0.714. The number of carboxylic acid groups (broad SMARTS) is 1. The summed E-state index contributed by atoms with van der Waals surface area (Å²) in [6.45, 7) is 5.23. The second-order valence-corrected chi connectivity index (χ2v) is 5.85. The summed E-state index contributed by atoms with van der Waals surface area (Å²) < 4.78 is 5.07. The monoisotopic (exact) mass is 269 g/mol. The van der Waals surface area contributed by atoms with Gasteiger partial charge in [0.05, 0.1) is 0 Å². The zero-order valence-corrected chi connectivity index (χ0v) is 11.9. The van der Waals surface area contributed by atoms with Gasteiger partial charge in [0.2, 0.25) is 0 Å². The largest absolute Gasteiger partial charge is 0.480 e. The van der Waals surface area contributed by atoms with Crippen LogP contribution in [-0.2, 0) is 9.53 Å². The first-order valence-electron chi connectivity index (χ1n) is 6.68. The summed E-state index contributed by atoms with van der Waals surface area (Å²) in [5, 5.41) is 11.6. The van der Waals surface area contributed by atoms with Gasteiger partial charge in [0.25, 0.3) is 0 Å². The van der Waals surface area contributed by atoms with Crippen molar-refractivity contribution in [3.8, 4) is 0 Å². The van der Waals surface area contributed by atoms with Gasteiger partial charge in [0.1, 0.15) is 11.6 Å². The van der Waals surface area contributed by atoms with Crippen molar-refractivity contribution in [2.45, 2.75) is 64.5 Å². The van der Waals surface area contributed by atoms with E-state index in [0.717, 1.165) is 31.3 Å². The maximum Gasteiger partial charge on any atom is 0.408 e. The molecule has 0 aromatic carbocycles. The fourth-order valence-corrected chi connectivity index (χ4v) is 2.00. The van der Waals surface area contributed by atoms with Crippen LogP contribution < -0.4 is 5.32 Å². The van der Waals surface area contributed by atoms with Crippen molar-refractivity contribution in [2.24, 2.45) is 0 Å². The predicted molar refractivity (Wildman–Crippen MR) is 72.0 cm³/mol. The van der Waals surface area contributed by atoms with E-state index in [-0.39, 0.29) is 0 Å². The first kappa shape index (κ1) is 15.5. The maximum absolute atomic E-state index is 11.6. The maximum atomic E-state index is 11.6. The van der Waals surface area contributed by atoms with E-state index in [4.69, 9.17) is 9.84 Å². The van der Waals surface area contributed by atoms with Crippen LogP contribution in [0.15, 0.2) is 11.6 Å². The van der Waals surface area contributed by atoms with E-state index in [1.165, 1.54) is 0 Å².